The molecule has 3 rings (SSSR count). The van der Waals surface area contributed by atoms with Gasteiger partial charge in [0.15, 0.2) is 0 Å². The average Bonchev–Trinajstić information content (AvgIpc) is 2.77. The molecule has 1 heterocycles. The fourth-order valence-corrected chi connectivity index (χ4v) is 3.52. The molecular formula is C20H31BO3. The summed E-state index contributed by atoms with van der Waals surface area (Å²) >= 11 is 0. The first-order valence-corrected chi connectivity index (χ1v) is 9.46. The minimum Gasteiger partial charge on any atom is -0.494 e. The summed E-state index contributed by atoms with van der Waals surface area (Å²) in [5.41, 5.74) is 0.452. The molecule has 0 aromatic heterocycles. The average molecular weight is 330 g/mol. The standard InChI is InChI=1S/C20H31BO3/c1-19(2)20(3,4)24-21(23-19)17-10-12-18(13-11-17)22-15-14-16-8-6-5-7-9-16/h10-13,16H,5-9,14-15H2,1-4H3. The summed E-state index contributed by atoms with van der Waals surface area (Å²) < 4.78 is 18.1. The highest BCUT2D eigenvalue weighted by Crippen LogP contribution is 2.36. The van der Waals surface area contributed by atoms with Gasteiger partial charge < -0.3 is 14.0 Å². The zero-order chi connectivity index (χ0) is 17.2. The summed E-state index contributed by atoms with van der Waals surface area (Å²) in [5.74, 6) is 1.80. The van der Waals surface area contributed by atoms with Gasteiger partial charge in [0, 0.05) is 0 Å². The Labute approximate surface area is 147 Å². The first-order chi connectivity index (χ1) is 11.4. The summed E-state index contributed by atoms with van der Waals surface area (Å²) in [4.78, 5) is 0. The molecule has 1 aliphatic carbocycles. The first-order valence-electron chi connectivity index (χ1n) is 9.46. The Kier molecular flexibility index (Phi) is 5.26. The Hall–Kier alpha value is -0.995. The number of benzene rings is 1. The van der Waals surface area contributed by atoms with Crippen LogP contribution in [-0.4, -0.2) is 24.9 Å². The molecule has 1 saturated heterocycles. The van der Waals surface area contributed by atoms with Gasteiger partial charge in [-0.1, -0.05) is 44.2 Å². The van der Waals surface area contributed by atoms with Gasteiger partial charge in [-0.05, 0) is 57.6 Å². The van der Waals surface area contributed by atoms with E-state index in [1.165, 1.54) is 38.5 Å². The zero-order valence-corrected chi connectivity index (χ0v) is 15.6. The number of ether oxygens (including phenoxy) is 1. The van der Waals surface area contributed by atoms with E-state index in [9.17, 15) is 0 Å². The van der Waals surface area contributed by atoms with Crippen LogP contribution in [0.15, 0.2) is 24.3 Å². The molecule has 1 aromatic carbocycles. The molecule has 2 aliphatic rings. The van der Waals surface area contributed by atoms with Crippen molar-refractivity contribution in [1.82, 2.24) is 0 Å². The summed E-state index contributed by atoms with van der Waals surface area (Å²) in [7, 11) is -0.300. The van der Waals surface area contributed by atoms with E-state index in [2.05, 4.69) is 39.8 Å². The van der Waals surface area contributed by atoms with E-state index in [1.807, 2.05) is 12.1 Å². The van der Waals surface area contributed by atoms with Gasteiger partial charge in [0.2, 0.25) is 0 Å². The quantitative estimate of drug-likeness (QED) is 0.752. The van der Waals surface area contributed by atoms with Crippen LogP contribution in [0.4, 0.5) is 0 Å². The second kappa shape index (κ2) is 7.09. The lowest BCUT2D eigenvalue weighted by Gasteiger charge is -2.32. The molecule has 3 nitrogen and oxygen atoms in total. The van der Waals surface area contributed by atoms with Gasteiger partial charge >= 0.3 is 7.12 Å². The second-order valence-corrected chi connectivity index (χ2v) is 8.30. The third-order valence-corrected chi connectivity index (χ3v) is 5.93. The Morgan fingerprint density at radius 2 is 1.54 bits per heavy atom. The molecule has 1 saturated carbocycles. The van der Waals surface area contributed by atoms with E-state index in [0.29, 0.717) is 0 Å². The Bertz CT molecular complexity index is 516. The summed E-state index contributed by atoms with van der Waals surface area (Å²) in [6, 6.07) is 8.17. The lowest BCUT2D eigenvalue weighted by atomic mass is 9.79. The maximum atomic E-state index is 6.09. The molecule has 2 fully saturated rings. The van der Waals surface area contributed by atoms with Crippen molar-refractivity contribution >= 4 is 12.6 Å². The number of hydrogen-bond acceptors (Lipinski definition) is 3. The molecule has 0 atom stereocenters. The van der Waals surface area contributed by atoms with Crippen molar-refractivity contribution in [2.75, 3.05) is 6.61 Å². The first kappa shape index (κ1) is 17.8. The van der Waals surface area contributed by atoms with Crippen LogP contribution >= 0.6 is 0 Å². The molecule has 0 N–H and O–H groups in total. The highest BCUT2D eigenvalue weighted by atomic mass is 16.7. The summed E-state index contributed by atoms with van der Waals surface area (Å²) in [6.07, 6.45) is 8.14. The Morgan fingerprint density at radius 3 is 2.12 bits per heavy atom. The van der Waals surface area contributed by atoms with Gasteiger partial charge in [0.25, 0.3) is 0 Å². The van der Waals surface area contributed by atoms with Crippen LogP contribution in [-0.2, 0) is 9.31 Å². The molecule has 4 heteroatoms. The second-order valence-electron chi connectivity index (χ2n) is 8.30. The normalized spacial score (nSPS) is 23.4. The minimum atomic E-state index is -0.300. The van der Waals surface area contributed by atoms with Gasteiger partial charge in [-0.2, -0.15) is 0 Å². The predicted molar refractivity (Wildman–Crippen MR) is 98.8 cm³/mol. The molecule has 24 heavy (non-hydrogen) atoms. The van der Waals surface area contributed by atoms with Gasteiger partial charge in [-0.25, -0.2) is 0 Å². The van der Waals surface area contributed by atoms with E-state index in [-0.39, 0.29) is 18.3 Å². The highest BCUT2D eigenvalue weighted by molar-refractivity contribution is 6.62. The van der Waals surface area contributed by atoms with E-state index in [1.54, 1.807) is 0 Å². The van der Waals surface area contributed by atoms with Crippen LogP contribution in [0.1, 0.15) is 66.2 Å². The molecule has 0 bridgehead atoms. The van der Waals surface area contributed by atoms with Gasteiger partial charge in [-0.15, -0.1) is 0 Å². The molecule has 132 valence electrons. The van der Waals surface area contributed by atoms with Crippen molar-refractivity contribution in [2.24, 2.45) is 5.92 Å². The predicted octanol–water partition coefficient (Wildman–Crippen LogP) is 4.34. The van der Waals surface area contributed by atoms with Crippen molar-refractivity contribution in [2.45, 2.75) is 77.4 Å². The molecular weight excluding hydrogens is 299 g/mol. The van der Waals surface area contributed by atoms with Gasteiger partial charge in [0.05, 0.1) is 17.8 Å². The van der Waals surface area contributed by atoms with E-state index < -0.39 is 0 Å². The number of hydrogen-bond donors (Lipinski definition) is 0. The monoisotopic (exact) mass is 330 g/mol. The van der Waals surface area contributed by atoms with Gasteiger partial charge in [0.1, 0.15) is 5.75 Å². The molecule has 0 unspecified atom stereocenters. The van der Waals surface area contributed by atoms with E-state index in [4.69, 9.17) is 14.0 Å². The summed E-state index contributed by atoms with van der Waals surface area (Å²) in [5, 5.41) is 0. The molecule has 0 amide bonds. The third-order valence-electron chi connectivity index (χ3n) is 5.93. The fourth-order valence-electron chi connectivity index (χ4n) is 3.52. The Morgan fingerprint density at radius 1 is 0.958 bits per heavy atom. The maximum Gasteiger partial charge on any atom is 0.494 e. The largest absolute Gasteiger partial charge is 0.494 e. The van der Waals surface area contributed by atoms with Crippen LogP contribution in [0, 0.1) is 5.92 Å². The van der Waals surface area contributed by atoms with Crippen LogP contribution in [0.2, 0.25) is 0 Å². The lowest BCUT2D eigenvalue weighted by molar-refractivity contribution is 0.00578. The van der Waals surface area contributed by atoms with Crippen molar-refractivity contribution in [1.29, 1.82) is 0 Å². The third kappa shape index (κ3) is 3.97. The zero-order valence-electron chi connectivity index (χ0n) is 15.6. The van der Waals surface area contributed by atoms with Crippen molar-refractivity contribution in [3.63, 3.8) is 0 Å². The smallest absolute Gasteiger partial charge is 0.494 e. The van der Waals surface area contributed by atoms with Crippen LogP contribution in [0.25, 0.3) is 0 Å². The molecule has 1 aromatic rings. The van der Waals surface area contributed by atoms with Crippen molar-refractivity contribution in [3.05, 3.63) is 24.3 Å². The van der Waals surface area contributed by atoms with Crippen LogP contribution in [0.3, 0.4) is 0 Å². The fraction of sp³-hybridized carbons (Fsp3) is 0.700. The van der Waals surface area contributed by atoms with Crippen LogP contribution in [0.5, 0.6) is 5.75 Å². The van der Waals surface area contributed by atoms with Crippen LogP contribution < -0.4 is 10.2 Å². The SMILES string of the molecule is CC1(C)OB(c2ccc(OCCC3CCCCC3)cc2)OC1(C)C. The highest BCUT2D eigenvalue weighted by Gasteiger charge is 2.51. The maximum absolute atomic E-state index is 6.09. The Balaban J connectivity index is 1.50. The van der Waals surface area contributed by atoms with Gasteiger partial charge in [-0.3, -0.25) is 0 Å². The summed E-state index contributed by atoms with van der Waals surface area (Å²) in [6.45, 7) is 9.14. The number of rotatable bonds is 5. The van der Waals surface area contributed by atoms with E-state index in [0.717, 1.165) is 23.7 Å². The topological polar surface area (TPSA) is 27.7 Å². The lowest BCUT2D eigenvalue weighted by Crippen LogP contribution is -2.41. The minimum absolute atomic E-state index is 0.299. The molecule has 0 spiro atoms. The van der Waals surface area contributed by atoms with E-state index >= 15 is 0 Å². The van der Waals surface area contributed by atoms with Crippen molar-refractivity contribution in [3.8, 4) is 5.75 Å². The van der Waals surface area contributed by atoms with Crippen molar-refractivity contribution < 1.29 is 14.0 Å². The molecule has 0 radical (unpaired) electrons. The molecule has 1 aliphatic heterocycles.